The van der Waals surface area contributed by atoms with Gasteiger partial charge in [-0.15, -0.1) is 0 Å². The Morgan fingerprint density at radius 2 is 2.11 bits per heavy atom. The van der Waals surface area contributed by atoms with Crippen LogP contribution in [0.1, 0.15) is 17.4 Å². The van der Waals surface area contributed by atoms with Gasteiger partial charge < -0.3 is 9.72 Å². The molecule has 0 aliphatic heterocycles. The highest BCUT2D eigenvalue weighted by Gasteiger charge is 2.13. The molecule has 1 aromatic carbocycles. The molecule has 4 nitrogen and oxygen atoms in total. The Labute approximate surface area is 116 Å². The number of halogens is 1. The number of nitrogens with one attached hydrogen (secondary N) is 1. The van der Waals surface area contributed by atoms with Gasteiger partial charge in [0.05, 0.1) is 6.61 Å². The summed E-state index contributed by atoms with van der Waals surface area (Å²) in [6.45, 7) is 1.97. The summed E-state index contributed by atoms with van der Waals surface area (Å²) in [4.78, 5) is 26.7. The molecule has 0 saturated heterocycles. The predicted molar refractivity (Wildman–Crippen MR) is 81.9 cm³/mol. The van der Waals surface area contributed by atoms with Crippen LogP contribution in [-0.4, -0.2) is 33.3 Å². The summed E-state index contributed by atoms with van der Waals surface area (Å²) in [5, 5.41) is 1.11. The first-order chi connectivity index (χ1) is 8.95. The number of carbonyl (C=O) groups excluding carboxylic acids is 1. The topological polar surface area (TPSA) is 59.2 Å². The molecule has 96 valence electrons. The van der Waals surface area contributed by atoms with Gasteiger partial charge in [0.1, 0.15) is 21.4 Å². The third-order valence-corrected chi connectivity index (χ3v) is 3.56. The number of esters is 1. The van der Waals surface area contributed by atoms with Crippen LogP contribution < -0.4 is 16.4 Å². The van der Waals surface area contributed by atoms with Crippen LogP contribution in [0, 0.1) is 0 Å². The van der Waals surface area contributed by atoms with E-state index in [2.05, 4.69) is 4.98 Å². The molecule has 1 heterocycles. The summed E-state index contributed by atoms with van der Waals surface area (Å²) in [5.41, 5.74) is 2.08. The van der Waals surface area contributed by atoms with E-state index in [9.17, 15) is 9.59 Å². The van der Waals surface area contributed by atoms with Gasteiger partial charge in [0.25, 0.3) is 0 Å². The number of H-pyrrole nitrogens is 1. The summed E-state index contributed by atoms with van der Waals surface area (Å²) in [6.07, 6.45) is 0. The number of aromatic amines is 1. The lowest BCUT2D eigenvalue weighted by molar-refractivity contribution is 0.0520. The monoisotopic (exact) mass is 275 g/mol. The Morgan fingerprint density at radius 3 is 2.74 bits per heavy atom. The van der Waals surface area contributed by atoms with Crippen molar-refractivity contribution >= 4 is 55.1 Å². The molecule has 0 bridgehead atoms. The molecule has 1 aromatic heterocycles. The molecule has 0 aliphatic carbocycles. The summed E-state index contributed by atoms with van der Waals surface area (Å²) in [6, 6.07) is 2.98. The Morgan fingerprint density at radius 1 is 1.42 bits per heavy atom. The number of fused-ring (bicyclic) bond motifs is 1. The van der Waals surface area contributed by atoms with Gasteiger partial charge in [-0.2, -0.15) is 0 Å². The van der Waals surface area contributed by atoms with Crippen molar-refractivity contribution in [3.8, 4) is 0 Å². The van der Waals surface area contributed by atoms with Gasteiger partial charge in [0.2, 0.25) is 0 Å². The summed E-state index contributed by atoms with van der Waals surface area (Å²) in [5.74, 6) is -0.544. The van der Waals surface area contributed by atoms with Crippen LogP contribution >= 0.6 is 11.6 Å². The van der Waals surface area contributed by atoms with Gasteiger partial charge in [-0.25, -0.2) is 4.79 Å². The average molecular weight is 275 g/mol. The molecule has 0 saturated carbocycles. The fourth-order valence-electron chi connectivity index (χ4n) is 2.01. The average Bonchev–Trinajstić information content (AvgIpc) is 2.37. The van der Waals surface area contributed by atoms with E-state index in [4.69, 9.17) is 16.3 Å². The molecule has 0 atom stereocenters. The van der Waals surface area contributed by atoms with Crippen molar-refractivity contribution in [3.05, 3.63) is 33.1 Å². The minimum Gasteiger partial charge on any atom is -0.461 e. The maximum Gasteiger partial charge on any atom is 0.354 e. The van der Waals surface area contributed by atoms with Gasteiger partial charge in [-0.05, 0) is 12.4 Å². The first-order valence-corrected chi connectivity index (χ1v) is 6.33. The predicted octanol–water partition coefficient (Wildman–Crippen LogP) is -1.12. The third-order valence-electron chi connectivity index (χ3n) is 2.98. The highest BCUT2D eigenvalue weighted by atomic mass is 35.5. The number of benzene rings is 1. The van der Waals surface area contributed by atoms with Crippen molar-refractivity contribution in [2.24, 2.45) is 0 Å². The summed E-state index contributed by atoms with van der Waals surface area (Å²) in [7, 11) is 3.65. The van der Waals surface area contributed by atoms with E-state index in [1.807, 2.05) is 15.7 Å². The van der Waals surface area contributed by atoms with E-state index in [0.29, 0.717) is 15.9 Å². The first kappa shape index (κ1) is 13.7. The van der Waals surface area contributed by atoms with Crippen molar-refractivity contribution in [2.75, 3.05) is 6.61 Å². The zero-order chi connectivity index (χ0) is 14.2. The number of hydrogen-bond acceptors (Lipinski definition) is 3. The Bertz CT molecular complexity index is 727. The van der Waals surface area contributed by atoms with Gasteiger partial charge in [-0.1, -0.05) is 23.1 Å². The molecule has 0 amide bonds. The fourth-order valence-corrected chi connectivity index (χ4v) is 2.16. The Kier molecular flexibility index (Phi) is 3.71. The first-order valence-electron chi connectivity index (χ1n) is 5.95. The zero-order valence-corrected chi connectivity index (χ0v) is 11.7. The second-order valence-corrected chi connectivity index (χ2v) is 4.70. The zero-order valence-electron chi connectivity index (χ0n) is 11.0. The van der Waals surface area contributed by atoms with Crippen LogP contribution in [-0.2, 0) is 4.74 Å². The Hall–Kier alpha value is -1.68. The number of pyridine rings is 1. The summed E-state index contributed by atoms with van der Waals surface area (Å²) < 4.78 is 4.88. The molecule has 7 heteroatoms. The quantitative estimate of drug-likeness (QED) is 0.558. The van der Waals surface area contributed by atoms with Crippen LogP contribution in [0.2, 0.25) is 5.02 Å². The smallest absolute Gasteiger partial charge is 0.354 e. The van der Waals surface area contributed by atoms with Crippen LogP contribution in [0.5, 0.6) is 0 Å². The lowest BCUT2D eigenvalue weighted by Gasteiger charge is -2.10. The standard InChI is InChI=1S/C12H12B2ClNO3/c1-2-19-12(18)7-4-8(17)5-3-6(13)10(15)9(14)11(5)16-7/h3-4H,2,13-14H2,1H3,(H,16,17). The fraction of sp³-hybridized carbons (Fsp3) is 0.167. The van der Waals surface area contributed by atoms with Crippen LogP contribution in [0.4, 0.5) is 0 Å². The molecule has 2 aromatic rings. The van der Waals surface area contributed by atoms with Crippen molar-refractivity contribution in [1.29, 1.82) is 0 Å². The van der Waals surface area contributed by atoms with Crippen LogP contribution in [0.3, 0.4) is 0 Å². The normalized spacial score (nSPS) is 10.6. The third kappa shape index (κ3) is 2.40. The van der Waals surface area contributed by atoms with Gasteiger partial charge in [-0.3, -0.25) is 4.79 Å². The largest absolute Gasteiger partial charge is 0.461 e. The van der Waals surface area contributed by atoms with Crippen molar-refractivity contribution in [2.45, 2.75) is 6.92 Å². The molecule has 0 spiro atoms. The molecular weight excluding hydrogens is 263 g/mol. The van der Waals surface area contributed by atoms with Crippen LogP contribution in [0.15, 0.2) is 16.9 Å². The summed E-state index contributed by atoms with van der Waals surface area (Å²) >= 11 is 6.16. The van der Waals surface area contributed by atoms with Gasteiger partial charge in [0.15, 0.2) is 5.43 Å². The lowest BCUT2D eigenvalue weighted by Crippen LogP contribution is -2.23. The van der Waals surface area contributed by atoms with Crippen molar-refractivity contribution < 1.29 is 9.53 Å². The molecular formula is C12H12B2ClNO3. The van der Waals surface area contributed by atoms with Crippen molar-refractivity contribution in [1.82, 2.24) is 4.98 Å². The maximum atomic E-state index is 12.1. The number of aromatic nitrogens is 1. The lowest BCUT2D eigenvalue weighted by atomic mass is 9.84. The molecule has 2 rings (SSSR count). The molecule has 0 fully saturated rings. The number of ether oxygens (including phenoxy) is 1. The van der Waals surface area contributed by atoms with E-state index in [0.717, 1.165) is 10.9 Å². The van der Waals surface area contributed by atoms with E-state index in [1.54, 1.807) is 13.0 Å². The molecule has 0 aliphatic rings. The van der Waals surface area contributed by atoms with E-state index >= 15 is 0 Å². The number of carbonyl (C=O) groups is 1. The molecule has 0 unspecified atom stereocenters. The molecule has 0 radical (unpaired) electrons. The molecule has 19 heavy (non-hydrogen) atoms. The highest BCUT2D eigenvalue weighted by Crippen LogP contribution is 2.10. The number of hydrogen-bond donors (Lipinski definition) is 1. The van der Waals surface area contributed by atoms with E-state index in [1.165, 1.54) is 6.07 Å². The van der Waals surface area contributed by atoms with Gasteiger partial charge >= 0.3 is 5.97 Å². The van der Waals surface area contributed by atoms with E-state index in [-0.39, 0.29) is 17.7 Å². The highest BCUT2D eigenvalue weighted by molar-refractivity contribution is 6.55. The van der Waals surface area contributed by atoms with Gasteiger partial charge in [0, 0.05) is 22.0 Å². The van der Waals surface area contributed by atoms with Crippen LogP contribution in [0.25, 0.3) is 10.9 Å². The van der Waals surface area contributed by atoms with E-state index < -0.39 is 5.97 Å². The molecule has 1 N–H and O–H groups in total. The SMILES string of the molecule is Bc1cc2c(=O)cc(C(=O)OCC)[nH]c2c(B)c1Cl. The maximum absolute atomic E-state index is 12.1. The second kappa shape index (κ2) is 5.13. The number of rotatable bonds is 2. The Balaban J connectivity index is 2.76. The minimum atomic E-state index is -0.544. The second-order valence-electron chi connectivity index (χ2n) is 4.32. The minimum absolute atomic E-state index is 0.141. The van der Waals surface area contributed by atoms with Crippen molar-refractivity contribution in [3.63, 3.8) is 0 Å².